The van der Waals surface area contributed by atoms with E-state index in [4.69, 9.17) is 0 Å². The topological polar surface area (TPSA) is 70.5 Å². The van der Waals surface area contributed by atoms with Gasteiger partial charge in [-0.15, -0.1) is 0 Å². The molecule has 0 spiro atoms. The molecule has 0 unspecified atom stereocenters. The molecule has 0 saturated heterocycles. The molecule has 1 fully saturated rings. The number of nitrogens with zero attached hydrogens (tertiary/aromatic N) is 3. The minimum absolute atomic E-state index is 0.192. The van der Waals surface area contributed by atoms with Crippen LogP contribution in [0.5, 0.6) is 0 Å². The van der Waals surface area contributed by atoms with Crippen molar-refractivity contribution in [2.24, 2.45) is 0 Å². The molecule has 0 atom stereocenters. The Hall–Kier alpha value is -2.89. The van der Waals surface area contributed by atoms with Crippen molar-refractivity contribution < 1.29 is 4.79 Å². The molecule has 4 rings (SSSR count). The minimum atomic E-state index is -0.260. The quantitative estimate of drug-likeness (QED) is 0.799. The predicted octanol–water partition coefficient (Wildman–Crippen LogP) is 2.66. The second-order valence-corrected chi connectivity index (χ2v) is 6.79. The zero-order valence-corrected chi connectivity index (χ0v) is 14.3. The molecule has 0 bridgehead atoms. The average molecular weight is 336 g/mol. The molecule has 6 nitrogen and oxygen atoms in total. The van der Waals surface area contributed by atoms with Crippen molar-refractivity contribution in [2.45, 2.75) is 25.2 Å². The van der Waals surface area contributed by atoms with Gasteiger partial charge in [0.25, 0.3) is 11.5 Å². The van der Waals surface area contributed by atoms with Crippen LogP contribution in [0, 0.1) is 0 Å². The van der Waals surface area contributed by atoms with E-state index in [2.05, 4.69) is 22.2 Å². The third kappa shape index (κ3) is 2.63. The number of aromatic nitrogens is 3. The van der Waals surface area contributed by atoms with Crippen LogP contribution >= 0.6 is 0 Å². The summed E-state index contributed by atoms with van der Waals surface area (Å²) in [7, 11) is 3.35. The van der Waals surface area contributed by atoms with Gasteiger partial charge in [0, 0.05) is 20.2 Å². The first-order chi connectivity index (χ1) is 12.0. The molecule has 25 heavy (non-hydrogen) atoms. The molecule has 0 radical (unpaired) electrons. The Morgan fingerprint density at radius 2 is 1.96 bits per heavy atom. The summed E-state index contributed by atoms with van der Waals surface area (Å²) in [6.45, 7) is 0. The van der Waals surface area contributed by atoms with Crippen molar-refractivity contribution >= 4 is 11.6 Å². The number of benzene rings is 1. The Kier molecular flexibility index (Phi) is 3.67. The van der Waals surface area contributed by atoms with Crippen LogP contribution in [-0.2, 0) is 0 Å². The first-order valence-corrected chi connectivity index (χ1v) is 8.47. The largest absolute Gasteiger partial charge is 0.345 e. The third-order valence-corrected chi connectivity index (χ3v) is 4.93. The Balaban J connectivity index is 1.78. The van der Waals surface area contributed by atoms with E-state index < -0.39 is 0 Å². The van der Waals surface area contributed by atoms with Gasteiger partial charge >= 0.3 is 0 Å². The molecular formula is C19H20N4O2. The van der Waals surface area contributed by atoms with Crippen LogP contribution in [0.4, 0.5) is 0 Å². The summed E-state index contributed by atoms with van der Waals surface area (Å²) < 4.78 is 1.23. The van der Waals surface area contributed by atoms with Crippen molar-refractivity contribution in [3.63, 3.8) is 0 Å². The van der Waals surface area contributed by atoms with Crippen LogP contribution < -0.4 is 5.56 Å². The van der Waals surface area contributed by atoms with E-state index in [-0.39, 0.29) is 11.5 Å². The fraction of sp³-hybridized carbons (Fsp3) is 0.316. The number of rotatable bonds is 3. The van der Waals surface area contributed by atoms with Gasteiger partial charge in [-0.25, -0.2) is 0 Å². The van der Waals surface area contributed by atoms with Crippen LogP contribution in [0.25, 0.3) is 16.9 Å². The van der Waals surface area contributed by atoms with Crippen LogP contribution in [0.1, 0.15) is 41.1 Å². The smallest absolute Gasteiger partial charge is 0.274 e. The van der Waals surface area contributed by atoms with Gasteiger partial charge in [-0.2, -0.15) is 9.61 Å². The normalized spacial score (nSPS) is 14.5. The van der Waals surface area contributed by atoms with E-state index in [1.165, 1.54) is 46.5 Å². The second-order valence-electron chi connectivity index (χ2n) is 6.79. The van der Waals surface area contributed by atoms with Crippen LogP contribution in [-0.4, -0.2) is 39.5 Å². The fourth-order valence-corrected chi connectivity index (χ4v) is 3.21. The highest BCUT2D eigenvalue weighted by Gasteiger charge is 2.20. The predicted molar refractivity (Wildman–Crippen MR) is 95.9 cm³/mol. The standard InChI is InChI=1S/C19H20N4O2/c1-22(2)19(25)15-11-20-23-17(24)10-16(21-18(15)23)14-8-6-13(7-9-14)12-4-3-5-12/h6-12,21H,3-5H2,1-2H3. The molecule has 128 valence electrons. The maximum Gasteiger partial charge on any atom is 0.274 e. The van der Waals surface area contributed by atoms with Gasteiger partial charge < -0.3 is 9.88 Å². The van der Waals surface area contributed by atoms with Gasteiger partial charge in [-0.05, 0) is 29.9 Å². The van der Waals surface area contributed by atoms with Gasteiger partial charge in [0.15, 0.2) is 5.65 Å². The molecule has 1 aliphatic carbocycles. The molecule has 1 amide bonds. The van der Waals surface area contributed by atoms with Crippen molar-refractivity contribution in [3.05, 3.63) is 58.0 Å². The Labute approximate surface area is 145 Å². The molecular weight excluding hydrogens is 316 g/mol. The molecule has 1 N–H and O–H groups in total. The van der Waals surface area contributed by atoms with Crippen LogP contribution in [0.3, 0.4) is 0 Å². The number of H-pyrrole nitrogens is 1. The fourth-order valence-electron chi connectivity index (χ4n) is 3.21. The molecule has 1 aromatic carbocycles. The number of fused-ring (bicyclic) bond motifs is 1. The van der Waals surface area contributed by atoms with Gasteiger partial charge in [0.2, 0.25) is 0 Å². The molecule has 1 saturated carbocycles. The lowest BCUT2D eigenvalue weighted by atomic mass is 9.80. The number of hydrogen-bond acceptors (Lipinski definition) is 3. The highest BCUT2D eigenvalue weighted by Crippen LogP contribution is 2.36. The third-order valence-electron chi connectivity index (χ3n) is 4.93. The van der Waals surface area contributed by atoms with Crippen LogP contribution in [0.15, 0.2) is 41.3 Å². The lowest BCUT2D eigenvalue weighted by Crippen LogP contribution is -2.22. The van der Waals surface area contributed by atoms with Crippen molar-refractivity contribution in [1.82, 2.24) is 19.5 Å². The first-order valence-electron chi connectivity index (χ1n) is 8.47. The molecule has 0 aliphatic heterocycles. The minimum Gasteiger partial charge on any atom is -0.345 e. The monoisotopic (exact) mass is 336 g/mol. The summed E-state index contributed by atoms with van der Waals surface area (Å²) in [6, 6.07) is 9.83. The maximum absolute atomic E-state index is 12.4. The Morgan fingerprint density at radius 1 is 1.24 bits per heavy atom. The van der Waals surface area contributed by atoms with Crippen molar-refractivity contribution in [1.29, 1.82) is 0 Å². The van der Waals surface area contributed by atoms with Gasteiger partial charge in [-0.1, -0.05) is 30.7 Å². The molecule has 2 aromatic heterocycles. The van der Waals surface area contributed by atoms with E-state index in [0.29, 0.717) is 22.8 Å². The highest BCUT2D eigenvalue weighted by molar-refractivity contribution is 5.99. The number of amides is 1. The van der Waals surface area contributed by atoms with E-state index in [0.717, 1.165) is 5.56 Å². The second kappa shape index (κ2) is 5.88. The van der Waals surface area contributed by atoms with E-state index >= 15 is 0 Å². The average Bonchev–Trinajstić information content (AvgIpc) is 2.97. The number of hydrogen-bond donors (Lipinski definition) is 1. The summed E-state index contributed by atoms with van der Waals surface area (Å²) in [5.41, 5.74) is 3.51. The first kappa shape index (κ1) is 15.6. The zero-order chi connectivity index (χ0) is 17.6. The highest BCUT2D eigenvalue weighted by atomic mass is 16.2. The lowest BCUT2D eigenvalue weighted by molar-refractivity contribution is 0.0829. The number of carbonyl (C=O) groups is 1. The van der Waals surface area contributed by atoms with Gasteiger partial charge in [-0.3, -0.25) is 9.59 Å². The number of carbonyl (C=O) groups excluding carboxylic acids is 1. The maximum atomic E-state index is 12.4. The molecule has 3 aromatic rings. The van der Waals surface area contributed by atoms with E-state index in [9.17, 15) is 9.59 Å². The molecule has 2 heterocycles. The summed E-state index contributed by atoms with van der Waals surface area (Å²) in [6.07, 6.45) is 5.25. The molecule has 1 aliphatic rings. The van der Waals surface area contributed by atoms with E-state index in [1.54, 1.807) is 14.1 Å². The van der Waals surface area contributed by atoms with Crippen molar-refractivity contribution in [2.75, 3.05) is 14.1 Å². The summed E-state index contributed by atoms with van der Waals surface area (Å²) in [4.78, 5) is 29.3. The Bertz CT molecular complexity index is 994. The summed E-state index contributed by atoms with van der Waals surface area (Å²) in [5.74, 6) is 0.484. The summed E-state index contributed by atoms with van der Waals surface area (Å²) in [5, 5.41) is 4.04. The van der Waals surface area contributed by atoms with Crippen molar-refractivity contribution in [3.8, 4) is 11.3 Å². The number of aromatic amines is 1. The molecule has 6 heteroatoms. The summed E-state index contributed by atoms with van der Waals surface area (Å²) >= 11 is 0. The Morgan fingerprint density at radius 3 is 2.56 bits per heavy atom. The number of nitrogens with one attached hydrogen (secondary N) is 1. The van der Waals surface area contributed by atoms with E-state index in [1.807, 2.05) is 12.1 Å². The van der Waals surface area contributed by atoms with Gasteiger partial charge in [0.1, 0.15) is 5.56 Å². The van der Waals surface area contributed by atoms with Gasteiger partial charge in [0.05, 0.1) is 11.9 Å². The lowest BCUT2D eigenvalue weighted by Gasteiger charge is -2.25. The SMILES string of the molecule is CN(C)C(=O)c1cnn2c(=O)cc(-c3ccc(C4CCC4)cc3)[nH]c12. The zero-order valence-electron chi connectivity index (χ0n) is 14.3. The van der Waals surface area contributed by atoms with Crippen LogP contribution in [0.2, 0.25) is 0 Å².